The van der Waals surface area contributed by atoms with Gasteiger partial charge in [-0.3, -0.25) is 0 Å². The molecule has 6 heteroatoms. The number of aliphatic carboxylic acids is 1. The van der Waals surface area contributed by atoms with Crippen LogP contribution in [0.1, 0.15) is 5.56 Å². The molecule has 0 radical (unpaired) electrons. The van der Waals surface area contributed by atoms with Crippen molar-refractivity contribution in [3.05, 3.63) is 27.7 Å². The van der Waals surface area contributed by atoms with E-state index in [1.807, 2.05) is 0 Å². The Hall–Kier alpha value is -0.970. The first-order chi connectivity index (χ1) is 6.91. The fraction of sp³-hybridized carbons (Fsp3) is 0.222. The van der Waals surface area contributed by atoms with Crippen LogP contribution in [0.25, 0.3) is 0 Å². The van der Waals surface area contributed by atoms with Gasteiger partial charge in [0.2, 0.25) is 0 Å². The first-order valence-corrected chi connectivity index (χ1v) is 4.75. The molecule has 0 aliphatic rings. The second-order valence-corrected chi connectivity index (χ2v) is 3.78. The largest absolute Gasteiger partial charge is 0.505 e. The molecular weight excluding hydrogens is 243 g/mol. The van der Waals surface area contributed by atoms with E-state index in [1.54, 1.807) is 0 Å². The molecule has 0 fully saturated rings. The van der Waals surface area contributed by atoms with E-state index < -0.39 is 12.1 Å². The SMILES string of the molecule is O=C(O)C(O)Cc1cc(Cl)c(O)c(Cl)c1. The highest BCUT2D eigenvalue weighted by Gasteiger charge is 2.15. The van der Waals surface area contributed by atoms with Crippen LogP contribution in [-0.2, 0) is 11.2 Å². The zero-order valence-electron chi connectivity index (χ0n) is 7.44. The first-order valence-electron chi connectivity index (χ1n) is 3.99. The predicted molar refractivity (Wildman–Crippen MR) is 55.5 cm³/mol. The number of rotatable bonds is 3. The summed E-state index contributed by atoms with van der Waals surface area (Å²) in [5.41, 5.74) is 0.442. The molecule has 0 saturated heterocycles. The quantitative estimate of drug-likeness (QED) is 0.763. The number of aromatic hydroxyl groups is 1. The van der Waals surface area contributed by atoms with Crippen LogP contribution in [0.2, 0.25) is 10.0 Å². The second-order valence-electron chi connectivity index (χ2n) is 2.97. The van der Waals surface area contributed by atoms with Crippen molar-refractivity contribution < 1.29 is 20.1 Å². The number of phenolic OH excluding ortho intramolecular Hbond substituents is 1. The third kappa shape index (κ3) is 2.99. The minimum Gasteiger partial charge on any atom is -0.505 e. The van der Waals surface area contributed by atoms with Crippen molar-refractivity contribution in [2.45, 2.75) is 12.5 Å². The molecule has 0 bridgehead atoms. The summed E-state index contributed by atoms with van der Waals surface area (Å²) in [6.07, 6.45) is -1.63. The van der Waals surface area contributed by atoms with Gasteiger partial charge in [-0.05, 0) is 17.7 Å². The molecule has 1 rings (SSSR count). The lowest BCUT2D eigenvalue weighted by Crippen LogP contribution is -2.21. The summed E-state index contributed by atoms with van der Waals surface area (Å²) in [5.74, 6) is -1.58. The second kappa shape index (κ2) is 4.70. The van der Waals surface area contributed by atoms with Gasteiger partial charge in [0.15, 0.2) is 11.9 Å². The van der Waals surface area contributed by atoms with E-state index in [1.165, 1.54) is 12.1 Å². The molecule has 0 aromatic heterocycles. The lowest BCUT2D eigenvalue weighted by molar-refractivity contribution is -0.146. The van der Waals surface area contributed by atoms with Crippen LogP contribution in [0.3, 0.4) is 0 Å². The summed E-state index contributed by atoms with van der Waals surface area (Å²) in [5, 5.41) is 26.8. The number of halogens is 2. The zero-order chi connectivity index (χ0) is 11.6. The van der Waals surface area contributed by atoms with Crippen molar-refractivity contribution in [1.82, 2.24) is 0 Å². The fourth-order valence-electron chi connectivity index (χ4n) is 1.05. The van der Waals surface area contributed by atoms with Crippen molar-refractivity contribution in [3.8, 4) is 5.75 Å². The smallest absolute Gasteiger partial charge is 0.332 e. The Balaban J connectivity index is 2.92. The molecule has 0 heterocycles. The zero-order valence-corrected chi connectivity index (χ0v) is 8.96. The molecule has 0 spiro atoms. The van der Waals surface area contributed by atoms with E-state index in [2.05, 4.69) is 0 Å². The van der Waals surface area contributed by atoms with Gasteiger partial charge in [-0.1, -0.05) is 23.2 Å². The molecule has 82 valence electrons. The molecule has 1 unspecified atom stereocenters. The predicted octanol–water partition coefficient (Wildman–Crippen LogP) is 1.69. The number of aliphatic hydroxyl groups excluding tert-OH is 1. The maximum atomic E-state index is 10.4. The lowest BCUT2D eigenvalue weighted by atomic mass is 10.1. The number of carboxylic acid groups (broad SMARTS) is 1. The number of phenols is 1. The molecule has 3 N–H and O–H groups in total. The molecule has 4 nitrogen and oxygen atoms in total. The molecule has 1 aromatic carbocycles. The Kier molecular flexibility index (Phi) is 3.79. The van der Waals surface area contributed by atoms with E-state index in [0.717, 1.165) is 0 Å². The third-order valence-corrected chi connectivity index (χ3v) is 2.37. The monoisotopic (exact) mass is 250 g/mol. The lowest BCUT2D eigenvalue weighted by Gasteiger charge is -2.07. The minimum absolute atomic E-state index is 0.0232. The maximum Gasteiger partial charge on any atom is 0.332 e. The number of benzene rings is 1. The van der Waals surface area contributed by atoms with Crippen molar-refractivity contribution >= 4 is 29.2 Å². The van der Waals surface area contributed by atoms with Gasteiger partial charge < -0.3 is 15.3 Å². The van der Waals surface area contributed by atoms with Gasteiger partial charge >= 0.3 is 5.97 Å². The molecule has 0 aliphatic heterocycles. The standard InChI is InChI=1S/C9H8Cl2O4/c10-5-1-4(2-6(11)8(5)13)3-7(12)9(14)15/h1-2,7,12-13H,3H2,(H,14,15). The number of hydrogen-bond acceptors (Lipinski definition) is 3. The van der Waals surface area contributed by atoms with Crippen LogP contribution < -0.4 is 0 Å². The minimum atomic E-state index is -1.51. The summed E-state index contributed by atoms with van der Waals surface area (Å²) < 4.78 is 0. The van der Waals surface area contributed by atoms with Crippen molar-refractivity contribution in [3.63, 3.8) is 0 Å². The van der Waals surface area contributed by atoms with Gasteiger partial charge in [0.1, 0.15) is 0 Å². The van der Waals surface area contributed by atoms with E-state index in [9.17, 15) is 9.90 Å². The van der Waals surface area contributed by atoms with Crippen molar-refractivity contribution in [2.24, 2.45) is 0 Å². The Morgan fingerprint density at radius 1 is 1.33 bits per heavy atom. The molecule has 1 atom stereocenters. The molecule has 0 amide bonds. The summed E-state index contributed by atoms with van der Waals surface area (Å²) in [6.45, 7) is 0. The summed E-state index contributed by atoms with van der Waals surface area (Å²) in [4.78, 5) is 10.4. The van der Waals surface area contributed by atoms with Crippen LogP contribution >= 0.6 is 23.2 Å². The maximum absolute atomic E-state index is 10.4. The van der Waals surface area contributed by atoms with Crippen LogP contribution in [0.15, 0.2) is 12.1 Å². The molecule has 0 saturated carbocycles. The molecule has 15 heavy (non-hydrogen) atoms. The number of aliphatic hydroxyl groups is 1. The topological polar surface area (TPSA) is 77.8 Å². The highest BCUT2D eigenvalue weighted by atomic mass is 35.5. The van der Waals surface area contributed by atoms with Gasteiger partial charge in [-0.25, -0.2) is 4.79 Å². The van der Waals surface area contributed by atoms with Crippen LogP contribution in [0.4, 0.5) is 0 Å². The summed E-state index contributed by atoms with van der Waals surface area (Å²) >= 11 is 11.2. The van der Waals surface area contributed by atoms with Gasteiger partial charge in [0.05, 0.1) is 10.0 Å². The average molecular weight is 251 g/mol. The van der Waals surface area contributed by atoms with Crippen LogP contribution in [-0.4, -0.2) is 27.4 Å². The Bertz CT molecular complexity index is 369. The first kappa shape index (κ1) is 12.1. The van der Waals surface area contributed by atoms with E-state index in [4.69, 9.17) is 33.4 Å². The Morgan fingerprint density at radius 3 is 2.20 bits per heavy atom. The summed E-state index contributed by atoms with van der Waals surface area (Å²) in [7, 11) is 0. The van der Waals surface area contributed by atoms with Crippen LogP contribution in [0, 0.1) is 0 Å². The normalized spacial score (nSPS) is 12.5. The third-order valence-electron chi connectivity index (χ3n) is 1.79. The molecular formula is C9H8Cl2O4. The van der Waals surface area contributed by atoms with Gasteiger partial charge in [-0.2, -0.15) is 0 Å². The van der Waals surface area contributed by atoms with E-state index in [-0.39, 0.29) is 22.2 Å². The number of hydrogen-bond donors (Lipinski definition) is 3. The van der Waals surface area contributed by atoms with Crippen molar-refractivity contribution in [2.75, 3.05) is 0 Å². The Labute approximate surface area is 95.7 Å². The highest BCUT2D eigenvalue weighted by molar-refractivity contribution is 6.37. The average Bonchev–Trinajstić information content (AvgIpc) is 2.13. The fourth-order valence-corrected chi connectivity index (χ4v) is 1.58. The van der Waals surface area contributed by atoms with Gasteiger partial charge in [0, 0.05) is 6.42 Å². The number of carboxylic acids is 1. The molecule has 0 aliphatic carbocycles. The molecule has 1 aromatic rings. The number of carbonyl (C=O) groups is 1. The van der Waals surface area contributed by atoms with Crippen molar-refractivity contribution in [1.29, 1.82) is 0 Å². The van der Waals surface area contributed by atoms with E-state index >= 15 is 0 Å². The highest BCUT2D eigenvalue weighted by Crippen LogP contribution is 2.32. The Morgan fingerprint density at radius 2 is 1.80 bits per heavy atom. The summed E-state index contributed by atoms with van der Waals surface area (Å²) in [6, 6.07) is 2.71. The van der Waals surface area contributed by atoms with E-state index in [0.29, 0.717) is 5.56 Å². The van der Waals surface area contributed by atoms with Gasteiger partial charge in [-0.15, -0.1) is 0 Å². The van der Waals surface area contributed by atoms with Gasteiger partial charge in [0.25, 0.3) is 0 Å². The van der Waals surface area contributed by atoms with Crippen LogP contribution in [0.5, 0.6) is 5.75 Å².